The molecule has 0 fully saturated rings. The monoisotopic (exact) mass is 261 g/mol. The van der Waals surface area contributed by atoms with Gasteiger partial charge in [-0.3, -0.25) is 4.79 Å². The van der Waals surface area contributed by atoms with Crippen LogP contribution >= 0.6 is 0 Å². The van der Waals surface area contributed by atoms with Crippen molar-refractivity contribution in [3.8, 4) is 0 Å². The topological polar surface area (TPSA) is 29.1 Å². The molecule has 0 aliphatic carbocycles. The molecule has 17 heavy (non-hydrogen) atoms. The molecule has 2 nitrogen and oxygen atoms in total. The van der Waals surface area contributed by atoms with Gasteiger partial charge < -0.3 is 0 Å². The van der Waals surface area contributed by atoms with Crippen molar-refractivity contribution in [2.45, 2.75) is 20.3 Å². The summed E-state index contributed by atoms with van der Waals surface area (Å²) in [5.41, 5.74) is 3.43. The molecular formula is C13H16ArFNO. The Morgan fingerprint density at radius 1 is 1.53 bits per heavy atom. The molecule has 0 spiro atoms. The van der Waals surface area contributed by atoms with Crippen molar-refractivity contribution in [2.24, 2.45) is 5.92 Å². The number of nitrogens with one attached hydrogen (secondary N) is 1. The molecule has 0 bridgehead atoms. The molecule has 1 atom stereocenters. The average Bonchev–Trinajstić information content (AvgIpc) is 2.28. The van der Waals surface area contributed by atoms with Crippen LogP contribution in [-0.4, -0.2) is 5.91 Å². The van der Waals surface area contributed by atoms with Crippen molar-refractivity contribution in [3.63, 3.8) is 0 Å². The summed E-state index contributed by atoms with van der Waals surface area (Å²) in [6.45, 7) is 3.71. The van der Waals surface area contributed by atoms with Crippen LogP contribution in [-0.2, 0) is 4.79 Å². The number of halogens is 1. The zero-order valence-electron chi connectivity index (χ0n) is 9.89. The van der Waals surface area contributed by atoms with Gasteiger partial charge in [0.1, 0.15) is 0 Å². The Kier molecular flexibility index (Phi) is 8.48. The molecule has 0 aromatic heterocycles. The van der Waals surface area contributed by atoms with Crippen molar-refractivity contribution >= 4 is 12.0 Å². The first kappa shape index (κ1) is 16.6. The molecular weight excluding hydrogens is 245 g/mol. The molecule has 0 aliphatic heterocycles. The smallest absolute Gasteiger partial charge is 0.250 e. The minimum absolute atomic E-state index is 0. The number of benzene rings is 1. The molecule has 4 heteroatoms. The number of hydrogen-bond donors (Lipinski definition) is 1. The maximum absolute atomic E-state index is 11.8. The number of carbonyl (C=O) groups excluding carboxylic acids is 1. The van der Waals surface area contributed by atoms with Crippen LogP contribution in [0, 0.1) is 50.6 Å². The molecule has 1 rings (SSSR count). The Morgan fingerprint density at radius 2 is 2.24 bits per heavy atom. The predicted octanol–water partition coefficient (Wildman–Crippen LogP) is 3.04. The van der Waals surface area contributed by atoms with Crippen molar-refractivity contribution in [1.82, 2.24) is 5.54 Å². The summed E-state index contributed by atoms with van der Waals surface area (Å²) < 4.78 is 11.8. The fourth-order valence-electron chi connectivity index (χ4n) is 1.38. The van der Waals surface area contributed by atoms with Crippen molar-refractivity contribution in [3.05, 3.63) is 41.5 Å². The van der Waals surface area contributed by atoms with Crippen molar-refractivity contribution < 1.29 is 47.0 Å². The second kappa shape index (κ2) is 8.67. The normalized spacial score (nSPS) is 11.9. The van der Waals surface area contributed by atoms with Crippen LogP contribution in [0.25, 0.3) is 6.08 Å². The van der Waals surface area contributed by atoms with Crippen molar-refractivity contribution in [1.29, 1.82) is 0 Å². The number of aryl methyl sites for hydroxylation is 1. The first-order valence-electron chi connectivity index (χ1n) is 5.27. The van der Waals surface area contributed by atoms with Gasteiger partial charge in [0.05, 0.1) is 0 Å². The Labute approximate surface area is 131 Å². The van der Waals surface area contributed by atoms with Gasteiger partial charge in [-0.05, 0) is 18.9 Å². The van der Waals surface area contributed by atoms with E-state index in [1.54, 1.807) is 6.92 Å². The van der Waals surface area contributed by atoms with Gasteiger partial charge in [-0.15, -0.1) is 4.48 Å². The Balaban J connectivity index is 0.00000256. The Bertz CT molecular complexity index is 393. The summed E-state index contributed by atoms with van der Waals surface area (Å²) in [4.78, 5) is 10.9. The molecule has 1 aromatic carbocycles. The Hall–Kier alpha value is -0.380. The zero-order chi connectivity index (χ0) is 12.0. The van der Waals surface area contributed by atoms with E-state index < -0.39 is 5.91 Å². The minimum Gasteiger partial charge on any atom is -0.272 e. The third-order valence-corrected chi connectivity index (χ3v) is 2.38. The first-order valence-corrected chi connectivity index (χ1v) is 5.27. The molecule has 1 amide bonds. The first-order chi connectivity index (χ1) is 7.63. The predicted molar refractivity (Wildman–Crippen MR) is 63.2 cm³/mol. The molecule has 0 heterocycles. The molecule has 0 unspecified atom stereocenters. The molecule has 1 N–H and O–H groups in total. The largest absolute Gasteiger partial charge is 0.272 e. The summed E-state index contributed by atoms with van der Waals surface area (Å²) in [5.74, 6) is -0.917. The van der Waals surface area contributed by atoms with E-state index in [9.17, 15) is 9.28 Å². The average molecular weight is 261 g/mol. The fraction of sp³-hybridized carbons (Fsp3) is 0.308. The maximum atomic E-state index is 11.8. The van der Waals surface area contributed by atoms with Gasteiger partial charge in [0.25, 0.3) is 5.91 Å². The van der Waals surface area contributed by atoms with Crippen LogP contribution < -0.4 is 5.54 Å². The molecule has 1 aromatic rings. The summed E-state index contributed by atoms with van der Waals surface area (Å²) in [7, 11) is 0. The van der Waals surface area contributed by atoms with E-state index >= 15 is 0 Å². The Morgan fingerprint density at radius 3 is 2.82 bits per heavy atom. The molecule has 0 radical (unpaired) electrons. The third kappa shape index (κ3) is 6.20. The summed E-state index contributed by atoms with van der Waals surface area (Å²) in [6.07, 6.45) is 4.35. The third-order valence-electron chi connectivity index (χ3n) is 2.38. The van der Waals surface area contributed by atoms with Gasteiger partial charge in [0.2, 0.25) is 0 Å². The number of carbonyl (C=O) groups is 1. The standard InChI is InChI=1S/C13H16FNO.Ar/c1-10-5-3-7-12(9-10)8-4-6-11(2)13(16)15-14;/h3-5,7-9,11H,6H2,1-2H3,(H,15,16);/b8-4+;/t11-;/m0./s1. The summed E-state index contributed by atoms with van der Waals surface area (Å²) in [6, 6.07) is 8.04. The van der Waals surface area contributed by atoms with E-state index in [0.717, 1.165) is 11.1 Å². The molecule has 0 aliphatic rings. The minimum atomic E-state index is -0.575. The van der Waals surface area contributed by atoms with Gasteiger partial charge >= 0.3 is 0 Å². The second-order valence-electron chi connectivity index (χ2n) is 3.91. The molecule has 0 saturated heterocycles. The SMILES string of the molecule is Cc1cccc(/C=C/C[C@H](C)C(=O)NF)c1.[Ar]. The van der Waals surface area contributed by atoms with Crippen LogP contribution in [0.1, 0.15) is 24.5 Å². The van der Waals surface area contributed by atoms with Gasteiger partial charge in [-0.25, -0.2) is 0 Å². The van der Waals surface area contributed by atoms with Gasteiger partial charge in [0.15, 0.2) is 0 Å². The quantitative estimate of drug-likeness (QED) is 0.829. The second-order valence-corrected chi connectivity index (χ2v) is 3.91. The van der Waals surface area contributed by atoms with E-state index in [1.807, 2.05) is 37.3 Å². The van der Waals surface area contributed by atoms with Crippen molar-refractivity contribution in [2.75, 3.05) is 0 Å². The van der Waals surface area contributed by atoms with E-state index in [0.29, 0.717) is 6.42 Å². The van der Waals surface area contributed by atoms with Crippen LogP contribution in [0.2, 0.25) is 0 Å². The fourth-order valence-corrected chi connectivity index (χ4v) is 1.38. The summed E-state index contributed by atoms with van der Waals surface area (Å²) in [5, 5.41) is 0. The van der Waals surface area contributed by atoms with E-state index in [2.05, 4.69) is 6.07 Å². The summed E-state index contributed by atoms with van der Waals surface area (Å²) >= 11 is 0. The van der Waals surface area contributed by atoms with Crippen LogP contribution in [0.5, 0.6) is 0 Å². The van der Waals surface area contributed by atoms with Gasteiger partial charge in [-0.2, -0.15) is 5.54 Å². The molecule has 0 saturated carbocycles. The van der Waals surface area contributed by atoms with Crippen LogP contribution in [0.3, 0.4) is 0 Å². The molecule has 94 valence electrons. The van der Waals surface area contributed by atoms with Gasteiger partial charge in [0, 0.05) is 43.7 Å². The van der Waals surface area contributed by atoms with E-state index in [-0.39, 0.29) is 43.7 Å². The number of amides is 1. The van der Waals surface area contributed by atoms with Gasteiger partial charge in [-0.1, -0.05) is 48.9 Å². The zero-order valence-corrected chi connectivity index (χ0v) is 10.6. The van der Waals surface area contributed by atoms with Crippen LogP contribution in [0.15, 0.2) is 30.3 Å². The van der Waals surface area contributed by atoms with E-state index in [4.69, 9.17) is 0 Å². The van der Waals surface area contributed by atoms with Crippen LogP contribution in [0.4, 0.5) is 4.48 Å². The number of allylic oxidation sites excluding steroid dienone is 1. The number of hydrogen-bond acceptors (Lipinski definition) is 1. The van der Waals surface area contributed by atoms with E-state index in [1.165, 1.54) is 5.56 Å². The maximum Gasteiger partial charge on any atom is 0.250 e. The number of rotatable bonds is 4.